The number of hydrogen-bond donors (Lipinski definition) is 0. The number of Topliss-reactive ketones (excluding diaryl/α,β-unsaturated/α-hetero) is 1. The number of benzene rings is 1. The van der Waals surface area contributed by atoms with Crippen LogP contribution < -0.4 is 4.90 Å². The van der Waals surface area contributed by atoms with Gasteiger partial charge in [0.05, 0.1) is 13.2 Å². The van der Waals surface area contributed by atoms with E-state index in [-0.39, 0.29) is 0 Å². The molecule has 0 N–H and O–H groups in total. The summed E-state index contributed by atoms with van der Waals surface area (Å²) < 4.78 is 5.34. The molecule has 1 aliphatic carbocycles. The Bertz CT molecular complexity index is 422. The summed E-state index contributed by atoms with van der Waals surface area (Å²) in [5.41, 5.74) is 3.29. The predicted octanol–water partition coefficient (Wildman–Crippen LogP) is 1.65. The van der Waals surface area contributed by atoms with Crippen LogP contribution in [-0.2, 0) is 11.2 Å². The smallest absolute Gasteiger partial charge is 0.165 e. The van der Waals surface area contributed by atoms with Crippen LogP contribution in [0.1, 0.15) is 22.3 Å². The molecule has 1 aromatic carbocycles. The van der Waals surface area contributed by atoms with Crippen molar-refractivity contribution < 1.29 is 9.53 Å². The SMILES string of the molecule is O=C1CCc2cccc(N3CCOCC3)c21. The first kappa shape index (κ1) is 9.85. The number of aryl methyl sites for hydroxylation is 1. The van der Waals surface area contributed by atoms with Crippen LogP contribution in [0, 0.1) is 0 Å². The summed E-state index contributed by atoms with van der Waals surface area (Å²) in [6.07, 6.45) is 1.59. The molecule has 1 aromatic rings. The number of ether oxygens (including phenoxy) is 1. The van der Waals surface area contributed by atoms with E-state index in [1.165, 1.54) is 5.56 Å². The molecule has 1 saturated heterocycles. The fourth-order valence-electron chi connectivity index (χ4n) is 2.56. The van der Waals surface area contributed by atoms with Gasteiger partial charge in [0.1, 0.15) is 0 Å². The number of rotatable bonds is 1. The van der Waals surface area contributed by atoms with Crippen molar-refractivity contribution in [1.82, 2.24) is 0 Å². The highest BCUT2D eigenvalue weighted by molar-refractivity contribution is 6.05. The lowest BCUT2D eigenvalue weighted by atomic mass is 10.1. The third-order valence-electron chi connectivity index (χ3n) is 3.38. The van der Waals surface area contributed by atoms with E-state index in [0.29, 0.717) is 12.2 Å². The molecule has 0 atom stereocenters. The molecule has 3 rings (SSSR count). The minimum atomic E-state index is 0.303. The highest BCUT2D eigenvalue weighted by Crippen LogP contribution is 2.31. The quantitative estimate of drug-likeness (QED) is 0.716. The average molecular weight is 217 g/mol. The van der Waals surface area contributed by atoms with Crippen molar-refractivity contribution in [3.8, 4) is 0 Å². The van der Waals surface area contributed by atoms with Crippen LogP contribution in [0.15, 0.2) is 18.2 Å². The van der Waals surface area contributed by atoms with Crippen molar-refractivity contribution in [1.29, 1.82) is 0 Å². The topological polar surface area (TPSA) is 29.5 Å². The Morgan fingerprint density at radius 1 is 1.12 bits per heavy atom. The Hall–Kier alpha value is -1.35. The van der Waals surface area contributed by atoms with Gasteiger partial charge in [-0.2, -0.15) is 0 Å². The molecule has 0 amide bonds. The van der Waals surface area contributed by atoms with Crippen LogP contribution in [-0.4, -0.2) is 32.1 Å². The average Bonchev–Trinajstić information content (AvgIpc) is 2.73. The van der Waals surface area contributed by atoms with E-state index in [1.54, 1.807) is 0 Å². The zero-order chi connectivity index (χ0) is 11.0. The van der Waals surface area contributed by atoms with Gasteiger partial charge in [-0.3, -0.25) is 4.79 Å². The zero-order valence-corrected chi connectivity index (χ0v) is 9.24. The van der Waals surface area contributed by atoms with Gasteiger partial charge in [0.2, 0.25) is 0 Å². The minimum absolute atomic E-state index is 0.303. The normalized spacial score (nSPS) is 20.0. The molecule has 1 aliphatic heterocycles. The molecule has 3 heteroatoms. The lowest BCUT2D eigenvalue weighted by Crippen LogP contribution is -2.37. The van der Waals surface area contributed by atoms with Crippen molar-refractivity contribution in [3.05, 3.63) is 29.3 Å². The van der Waals surface area contributed by atoms with Crippen molar-refractivity contribution in [2.24, 2.45) is 0 Å². The van der Waals surface area contributed by atoms with Crippen LogP contribution in [0.4, 0.5) is 5.69 Å². The van der Waals surface area contributed by atoms with Crippen LogP contribution in [0.5, 0.6) is 0 Å². The summed E-state index contributed by atoms with van der Waals surface area (Å²) in [7, 11) is 0. The minimum Gasteiger partial charge on any atom is -0.378 e. The first-order chi connectivity index (χ1) is 7.86. The van der Waals surface area contributed by atoms with Gasteiger partial charge >= 0.3 is 0 Å². The number of anilines is 1. The standard InChI is InChI=1S/C13H15NO2/c15-12-5-4-10-2-1-3-11(13(10)12)14-6-8-16-9-7-14/h1-3H,4-9H2. The molecule has 3 nitrogen and oxygen atoms in total. The molecule has 1 fully saturated rings. The molecule has 0 bridgehead atoms. The Balaban J connectivity index is 2.00. The maximum Gasteiger partial charge on any atom is 0.165 e. The second-order valence-electron chi connectivity index (χ2n) is 4.33. The van der Waals surface area contributed by atoms with Crippen LogP contribution in [0.2, 0.25) is 0 Å². The monoisotopic (exact) mass is 217 g/mol. The van der Waals surface area contributed by atoms with E-state index in [0.717, 1.165) is 44.0 Å². The van der Waals surface area contributed by atoms with Gasteiger partial charge in [0, 0.05) is 30.8 Å². The Kier molecular flexibility index (Phi) is 2.40. The molecule has 84 valence electrons. The molecule has 16 heavy (non-hydrogen) atoms. The molecule has 0 radical (unpaired) electrons. The van der Waals surface area contributed by atoms with Gasteiger partial charge in [0.25, 0.3) is 0 Å². The maximum atomic E-state index is 11.9. The fraction of sp³-hybridized carbons (Fsp3) is 0.462. The van der Waals surface area contributed by atoms with Gasteiger partial charge in [-0.05, 0) is 18.1 Å². The lowest BCUT2D eigenvalue weighted by molar-refractivity contribution is 0.0993. The largest absolute Gasteiger partial charge is 0.378 e. The number of carbonyl (C=O) groups excluding carboxylic acids is 1. The highest BCUT2D eigenvalue weighted by atomic mass is 16.5. The summed E-state index contributed by atoms with van der Waals surface area (Å²) in [5, 5.41) is 0. The summed E-state index contributed by atoms with van der Waals surface area (Å²) in [6.45, 7) is 3.31. The van der Waals surface area contributed by atoms with Crippen molar-refractivity contribution in [2.45, 2.75) is 12.8 Å². The molecule has 0 spiro atoms. The number of carbonyl (C=O) groups is 1. The predicted molar refractivity (Wildman–Crippen MR) is 62.1 cm³/mol. The summed E-state index contributed by atoms with van der Waals surface area (Å²) in [4.78, 5) is 14.1. The van der Waals surface area contributed by atoms with E-state index in [9.17, 15) is 4.79 Å². The highest BCUT2D eigenvalue weighted by Gasteiger charge is 2.25. The van der Waals surface area contributed by atoms with E-state index in [4.69, 9.17) is 4.74 Å². The number of hydrogen-bond acceptors (Lipinski definition) is 3. The maximum absolute atomic E-state index is 11.9. The number of ketones is 1. The van der Waals surface area contributed by atoms with Gasteiger partial charge in [-0.1, -0.05) is 12.1 Å². The number of morpholine rings is 1. The van der Waals surface area contributed by atoms with Crippen LogP contribution in [0.25, 0.3) is 0 Å². The van der Waals surface area contributed by atoms with E-state index in [1.807, 2.05) is 0 Å². The van der Waals surface area contributed by atoms with E-state index < -0.39 is 0 Å². The van der Waals surface area contributed by atoms with E-state index >= 15 is 0 Å². The number of nitrogens with zero attached hydrogens (tertiary/aromatic N) is 1. The third-order valence-corrected chi connectivity index (χ3v) is 3.38. The second-order valence-corrected chi connectivity index (χ2v) is 4.33. The molecular weight excluding hydrogens is 202 g/mol. The molecule has 2 aliphatic rings. The van der Waals surface area contributed by atoms with Crippen molar-refractivity contribution in [2.75, 3.05) is 31.2 Å². The fourth-order valence-corrected chi connectivity index (χ4v) is 2.56. The Morgan fingerprint density at radius 2 is 1.94 bits per heavy atom. The Labute approximate surface area is 95.0 Å². The summed E-state index contributed by atoms with van der Waals surface area (Å²) in [6, 6.07) is 6.19. The summed E-state index contributed by atoms with van der Waals surface area (Å²) >= 11 is 0. The Morgan fingerprint density at radius 3 is 2.75 bits per heavy atom. The summed E-state index contributed by atoms with van der Waals surface area (Å²) in [5.74, 6) is 0.303. The lowest BCUT2D eigenvalue weighted by Gasteiger charge is -2.30. The van der Waals surface area contributed by atoms with Crippen LogP contribution in [0.3, 0.4) is 0 Å². The molecule has 1 heterocycles. The van der Waals surface area contributed by atoms with E-state index in [2.05, 4.69) is 23.1 Å². The van der Waals surface area contributed by atoms with Gasteiger partial charge in [-0.15, -0.1) is 0 Å². The molecule has 0 aromatic heterocycles. The molecule has 0 saturated carbocycles. The number of fused-ring (bicyclic) bond motifs is 1. The van der Waals surface area contributed by atoms with Gasteiger partial charge in [0.15, 0.2) is 5.78 Å². The van der Waals surface area contributed by atoms with Gasteiger partial charge in [-0.25, -0.2) is 0 Å². The first-order valence-electron chi connectivity index (χ1n) is 5.84. The second kappa shape index (κ2) is 3.91. The first-order valence-corrected chi connectivity index (χ1v) is 5.84. The van der Waals surface area contributed by atoms with Crippen molar-refractivity contribution in [3.63, 3.8) is 0 Å². The van der Waals surface area contributed by atoms with Crippen molar-refractivity contribution >= 4 is 11.5 Å². The molecular formula is C13H15NO2. The third kappa shape index (κ3) is 1.52. The van der Waals surface area contributed by atoms with Crippen LogP contribution >= 0.6 is 0 Å². The zero-order valence-electron chi connectivity index (χ0n) is 9.24. The molecule has 0 unspecified atom stereocenters. The van der Waals surface area contributed by atoms with Gasteiger partial charge < -0.3 is 9.64 Å².